The molecule has 1 saturated heterocycles. The van der Waals surface area contributed by atoms with Crippen LogP contribution in [0, 0.1) is 5.92 Å². The van der Waals surface area contributed by atoms with Crippen molar-refractivity contribution in [2.24, 2.45) is 5.92 Å². The third-order valence-electron chi connectivity index (χ3n) is 3.90. The van der Waals surface area contributed by atoms with Crippen molar-refractivity contribution in [3.63, 3.8) is 0 Å². The van der Waals surface area contributed by atoms with Crippen molar-refractivity contribution in [1.82, 2.24) is 10.6 Å². The van der Waals surface area contributed by atoms with Gasteiger partial charge in [-0.05, 0) is 25.7 Å². The van der Waals surface area contributed by atoms with Crippen molar-refractivity contribution in [3.05, 3.63) is 0 Å². The average Bonchev–Trinajstić information content (AvgIpc) is 2.86. The zero-order valence-corrected chi connectivity index (χ0v) is 10.1. The SMILES string of the molecule is CC(NC(=O)C1CC(F)(F)CN1)C1CCCC1. The largest absolute Gasteiger partial charge is 0.352 e. The van der Waals surface area contributed by atoms with Crippen LogP contribution in [0.1, 0.15) is 39.0 Å². The van der Waals surface area contributed by atoms with E-state index in [1.165, 1.54) is 12.8 Å². The van der Waals surface area contributed by atoms with Gasteiger partial charge in [-0.1, -0.05) is 12.8 Å². The molecule has 1 aliphatic carbocycles. The predicted molar refractivity (Wildman–Crippen MR) is 60.9 cm³/mol. The maximum absolute atomic E-state index is 13.0. The van der Waals surface area contributed by atoms with E-state index >= 15 is 0 Å². The Morgan fingerprint density at radius 1 is 1.41 bits per heavy atom. The molecule has 0 spiro atoms. The van der Waals surface area contributed by atoms with Gasteiger partial charge in [-0.15, -0.1) is 0 Å². The van der Waals surface area contributed by atoms with E-state index in [0.717, 1.165) is 12.8 Å². The molecule has 0 aromatic rings. The van der Waals surface area contributed by atoms with Crippen LogP contribution in [0.2, 0.25) is 0 Å². The second kappa shape index (κ2) is 4.88. The van der Waals surface area contributed by atoms with Crippen LogP contribution in [0.5, 0.6) is 0 Å². The smallest absolute Gasteiger partial charge is 0.262 e. The molecule has 2 N–H and O–H groups in total. The number of nitrogens with one attached hydrogen (secondary N) is 2. The summed E-state index contributed by atoms with van der Waals surface area (Å²) in [7, 11) is 0. The van der Waals surface area contributed by atoms with Gasteiger partial charge >= 0.3 is 0 Å². The molecule has 0 bridgehead atoms. The van der Waals surface area contributed by atoms with Crippen LogP contribution in [0.25, 0.3) is 0 Å². The van der Waals surface area contributed by atoms with Crippen LogP contribution in [-0.4, -0.2) is 30.5 Å². The molecule has 1 amide bonds. The van der Waals surface area contributed by atoms with Gasteiger partial charge in [-0.25, -0.2) is 8.78 Å². The highest BCUT2D eigenvalue weighted by molar-refractivity contribution is 5.82. The maximum Gasteiger partial charge on any atom is 0.262 e. The lowest BCUT2D eigenvalue weighted by Crippen LogP contribution is -2.46. The second-order valence-electron chi connectivity index (χ2n) is 5.34. The van der Waals surface area contributed by atoms with Crippen LogP contribution in [-0.2, 0) is 4.79 Å². The van der Waals surface area contributed by atoms with Gasteiger partial charge in [0.25, 0.3) is 5.92 Å². The highest BCUT2D eigenvalue weighted by Crippen LogP contribution is 2.28. The Bertz CT molecular complexity index is 290. The summed E-state index contributed by atoms with van der Waals surface area (Å²) in [5, 5.41) is 5.45. The monoisotopic (exact) mass is 246 g/mol. The van der Waals surface area contributed by atoms with E-state index in [-0.39, 0.29) is 24.9 Å². The molecule has 2 fully saturated rings. The van der Waals surface area contributed by atoms with Crippen LogP contribution >= 0.6 is 0 Å². The summed E-state index contributed by atoms with van der Waals surface area (Å²) in [5.41, 5.74) is 0. The molecule has 5 heteroatoms. The minimum atomic E-state index is -2.74. The van der Waals surface area contributed by atoms with Crippen molar-refractivity contribution in [1.29, 1.82) is 0 Å². The number of alkyl halides is 2. The van der Waals surface area contributed by atoms with Crippen LogP contribution in [0.3, 0.4) is 0 Å². The number of hydrogen-bond donors (Lipinski definition) is 2. The Morgan fingerprint density at radius 3 is 2.59 bits per heavy atom. The number of carbonyl (C=O) groups is 1. The molecule has 3 nitrogen and oxygen atoms in total. The van der Waals surface area contributed by atoms with Gasteiger partial charge in [0.1, 0.15) is 0 Å². The fourth-order valence-corrected chi connectivity index (χ4v) is 2.80. The summed E-state index contributed by atoms with van der Waals surface area (Å²) < 4.78 is 25.9. The Morgan fingerprint density at radius 2 is 2.06 bits per heavy atom. The summed E-state index contributed by atoms with van der Waals surface area (Å²) in [6.07, 6.45) is 4.32. The van der Waals surface area contributed by atoms with Gasteiger partial charge in [0.2, 0.25) is 5.91 Å². The standard InChI is InChI=1S/C12H20F2N2O/c1-8(9-4-2-3-5-9)16-11(17)10-6-12(13,14)7-15-10/h8-10,15H,2-7H2,1H3,(H,16,17). The number of amides is 1. The van der Waals surface area contributed by atoms with Crippen molar-refractivity contribution in [3.8, 4) is 0 Å². The molecule has 2 rings (SSSR count). The van der Waals surface area contributed by atoms with Crippen molar-refractivity contribution < 1.29 is 13.6 Å². The number of hydrogen-bond acceptors (Lipinski definition) is 2. The van der Waals surface area contributed by atoms with Crippen molar-refractivity contribution in [2.75, 3.05) is 6.54 Å². The summed E-state index contributed by atoms with van der Waals surface area (Å²) >= 11 is 0. The molecule has 1 heterocycles. The van der Waals surface area contributed by atoms with E-state index < -0.39 is 12.0 Å². The Balaban J connectivity index is 1.80. The Kier molecular flexibility index (Phi) is 3.66. The summed E-state index contributed by atoms with van der Waals surface area (Å²) in [6.45, 7) is 1.59. The minimum Gasteiger partial charge on any atom is -0.352 e. The molecule has 0 radical (unpaired) electrons. The van der Waals surface area contributed by atoms with E-state index in [1.807, 2.05) is 6.92 Å². The highest BCUT2D eigenvalue weighted by Gasteiger charge is 2.42. The molecule has 2 unspecified atom stereocenters. The molecule has 0 aromatic heterocycles. The molecule has 1 saturated carbocycles. The van der Waals surface area contributed by atoms with Gasteiger partial charge in [0.05, 0.1) is 12.6 Å². The first kappa shape index (κ1) is 12.7. The van der Waals surface area contributed by atoms with Gasteiger partial charge < -0.3 is 5.32 Å². The lowest BCUT2D eigenvalue weighted by molar-refractivity contribution is -0.124. The Hall–Kier alpha value is -0.710. The molecular formula is C12H20F2N2O. The van der Waals surface area contributed by atoms with Crippen molar-refractivity contribution in [2.45, 2.75) is 57.0 Å². The first-order valence-corrected chi connectivity index (χ1v) is 6.39. The van der Waals surface area contributed by atoms with E-state index in [2.05, 4.69) is 10.6 Å². The van der Waals surface area contributed by atoms with Gasteiger partial charge in [0, 0.05) is 12.5 Å². The van der Waals surface area contributed by atoms with E-state index in [4.69, 9.17) is 0 Å². The molecule has 2 aliphatic rings. The van der Waals surface area contributed by atoms with Crippen LogP contribution in [0.4, 0.5) is 8.78 Å². The first-order valence-electron chi connectivity index (χ1n) is 6.39. The zero-order chi connectivity index (χ0) is 12.5. The fraction of sp³-hybridized carbons (Fsp3) is 0.917. The van der Waals surface area contributed by atoms with Crippen LogP contribution in [0.15, 0.2) is 0 Å². The topological polar surface area (TPSA) is 41.1 Å². The predicted octanol–water partition coefficient (Wildman–Crippen LogP) is 1.68. The third kappa shape index (κ3) is 3.15. The molecule has 1 aliphatic heterocycles. The van der Waals surface area contributed by atoms with Gasteiger partial charge in [0.15, 0.2) is 0 Å². The highest BCUT2D eigenvalue weighted by atomic mass is 19.3. The van der Waals surface area contributed by atoms with Crippen molar-refractivity contribution >= 4 is 5.91 Å². The lowest BCUT2D eigenvalue weighted by atomic mass is 9.99. The molecular weight excluding hydrogens is 226 g/mol. The molecule has 17 heavy (non-hydrogen) atoms. The molecule has 2 atom stereocenters. The van der Waals surface area contributed by atoms with Gasteiger partial charge in [-0.2, -0.15) is 0 Å². The average molecular weight is 246 g/mol. The van der Waals surface area contributed by atoms with Gasteiger partial charge in [-0.3, -0.25) is 10.1 Å². The third-order valence-corrected chi connectivity index (χ3v) is 3.90. The quantitative estimate of drug-likeness (QED) is 0.795. The summed E-state index contributed by atoms with van der Waals surface area (Å²) in [5.74, 6) is -2.50. The zero-order valence-electron chi connectivity index (χ0n) is 10.1. The summed E-state index contributed by atoms with van der Waals surface area (Å²) in [6, 6.07) is -0.630. The Labute approximate surface area is 100 Å². The normalized spacial score (nSPS) is 30.4. The number of carbonyl (C=O) groups excluding carboxylic acids is 1. The summed E-state index contributed by atoms with van der Waals surface area (Å²) in [4.78, 5) is 11.8. The number of rotatable bonds is 3. The lowest BCUT2D eigenvalue weighted by Gasteiger charge is -2.22. The van der Waals surface area contributed by atoms with E-state index in [1.54, 1.807) is 0 Å². The van der Waals surface area contributed by atoms with E-state index in [0.29, 0.717) is 5.92 Å². The van der Waals surface area contributed by atoms with Crippen LogP contribution < -0.4 is 10.6 Å². The maximum atomic E-state index is 13.0. The first-order chi connectivity index (χ1) is 7.98. The second-order valence-corrected chi connectivity index (χ2v) is 5.34. The molecule has 98 valence electrons. The number of halogens is 2. The molecule has 0 aromatic carbocycles. The van der Waals surface area contributed by atoms with E-state index in [9.17, 15) is 13.6 Å². The fourth-order valence-electron chi connectivity index (χ4n) is 2.80. The minimum absolute atomic E-state index is 0.0982.